The van der Waals surface area contributed by atoms with Crippen LogP contribution in [0, 0.1) is 0 Å². The smallest absolute Gasteiger partial charge is 0.274 e. The maximum atomic E-state index is 11.9. The fourth-order valence-corrected chi connectivity index (χ4v) is 2.88. The Morgan fingerprint density at radius 2 is 1.72 bits per heavy atom. The maximum absolute atomic E-state index is 11.9. The van der Waals surface area contributed by atoms with Crippen molar-refractivity contribution >= 4 is 16.1 Å². The van der Waals surface area contributed by atoms with E-state index in [-0.39, 0.29) is 0 Å². The number of carbonyl (C=O) groups excluding carboxylic acids is 1. The van der Waals surface area contributed by atoms with Gasteiger partial charge in [0.15, 0.2) is 0 Å². The molecule has 9 heteroatoms. The third kappa shape index (κ3) is 5.21. The van der Waals surface area contributed by atoms with Gasteiger partial charge >= 0.3 is 16.4 Å². The molecule has 0 radical (unpaired) electrons. The van der Waals surface area contributed by atoms with Crippen LogP contribution in [-0.2, 0) is 15.0 Å². The SMILES string of the molecule is O=C(CCC(F)(F)F)NS(=O)(=O)N1CCCCC1. The number of amides is 1. The number of nitrogens with zero attached hydrogens (tertiary/aromatic N) is 1. The first-order valence-electron chi connectivity index (χ1n) is 5.58. The molecule has 1 aliphatic heterocycles. The summed E-state index contributed by atoms with van der Waals surface area (Å²) in [6, 6.07) is 0. The summed E-state index contributed by atoms with van der Waals surface area (Å²) in [5, 5.41) is 0. The summed E-state index contributed by atoms with van der Waals surface area (Å²) in [5.41, 5.74) is 0. The van der Waals surface area contributed by atoms with Gasteiger partial charge in [-0.2, -0.15) is 25.9 Å². The minimum Gasteiger partial charge on any atom is -0.274 e. The molecule has 0 aromatic rings. The Bertz CT molecular complexity index is 388. The molecule has 1 aliphatic rings. The first-order chi connectivity index (χ1) is 8.21. The highest BCUT2D eigenvalue weighted by Gasteiger charge is 2.30. The molecule has 1 amide bonds. The Kier molecular flexibility index (Phi) is 4.97. The zero-order chi connectivity index (χ0) is 13.8. The average Bonchev–Trinajstić information content (AvgIpc) is 2.26. The zero-order valence-corrected chi connectivity index (χ0v) is 10.5. The van der Waals surface area contributed by atoms with Gasteiger partial charge < -0.3 is 0 Å². The van der Waals surface area contributed by atoms with Gasteiger partial charge in [-0.1, -0.05) is 6.42 Å². The molecule has 0 atom stereocenters. The molecular weight excluding hydrogens is 273 g/mol. The molecule has 0 aromatic heterocycles. The van der Waals surface area contributed by atoms with Crippen molar-refractivity contribution in [3.63, 3.8) is 0 Å². The van der Waals surface area contributed by atoms with Gasteiger partial charge in [-0.25, -0.2) is 4.72 Å². The standard InChI is InChI=1S/C9H15F3N2O3S/c10-9(11,12)5-4-8(15)13-18(16,17)14-6-2-1-3-7-14/h1-7H2,(H,13,15). The molecule has 0 spiro atoms. The topological polar surface area (TPSA) is 66.5 Å². The summed E-state index contributed by atoms with van der Waals surface area (Å²) in [6.45, 7) is 0.587. The molecule has 1 saturated heterocycles. The van der Waals surface area contributed by atoms with Crippen molar-refractivity contribution in [2.75, 3.05) is 13.1 Å². The predicted molar refractivity (Wildman–Crippen MR) is 57.8 cm³/mol. The largest absolute Gasteiger partial charge is 0.389 e. The van der Waals surface area contributed by atoms with E-state index in [9.17, 15) is 26.4 Å². The van der Waals surface area contributed by atoms with Crippen LogP contribution in [-0.4, -0.2) is 37.9 Å². The lowest BCUT2D eigenvalue weighted by molar-refractivity contribution is -0.143. The van der Waals surface area contributed by atoms with E-state index < -0.39 is 35.1 Å². The first kappa shape index (κ1) is 15.2. The summed E-state index contributed by atoms with van der Waals surface area (Å²) in [6.07, 6.45) is -4.37. The molecule has 1 heterocycles. The molecule has 1 fully saturated rings. The molecule has 0 bridgehead atoms. The number of piperidine rings is 1. The van der Waals surface area contributed by atoms with Gasteiger partial charge in [0.2, 0.25) is 5.91 Å². The van der Waals surface area contributed by atoms with Crippen LogP contribution < -0.4 is 4.72 Å². The number of alkyl halides is 3. The summed E-state index contributed by atoms with van der Waals surface area (Å²) < 4.78 is 61.6. The summed E-state index contributed by atoms with van der Waals surface area (Å²) in [5.74, 6) is -1.13. The Balaban J connectivity index is 2.47. The number of hydrogen-bond acceptors (Lipinski definition) is 3. The van der Waals surface area contributed by atoms with Crippen LogP contribution in [0.4, 0.5) is 13.2 Å². The van der Waals surface area contributed by atoms with E-state index in [0.29, 0.717) is 25.9 Å². The summed E-state index contributed by atoms with van der Waals surface area (Å²) in [7, 11) is -3.98. The van der Waals surface area contributed by atoms with Crippen LogP contribution >= 0.6 is 0 Å². The minimum atomic E-state index is -4.47. The van der Waals surface area contributed by atoms with E-state index >= 15 is 0 Å². The summed E-state index contributed by atoms with van der Waals surface area (Å²) >= 11 is 0. The van der Waals surface area contributed by atoms with E-state index in [1.165, 1.54) is 0 Å². The highest BCUT2D eigenvalue weighted by molar-refractivity contribution is 7.87. The lowest BCUT2D eigenvalue weighted by Crippen LogP contribution is -2.45. The summed E-state index contributed by atoms with van der Waals surface area (Å²) in [4.78, 5) is 11.1. The fraction of sp³-hybridized carbons (Fsp3) is 0.889. The van der Waals surface area contributed by atoms with Crippen LogP contribution in [0.5, 0.6) is 0 Å². The van der Waals surface area contributed by atoms with Crippen molar-refractivity contribution in [3.8, 4) is 0 Å². The van der Waals surface area contributed by atoms with Crippen molar-refractivity contribution in [3.05, 3.63) is 0 Å². The first-order valence-corrected chi connectivity index (χ1v) is 7.02. The molecular formula is C9H15F3N2O3S. The second-order valence-electron chi connectivity index (χ2n) is 4.11. The highest BCUT2D eigenvalue weighted by Crippen LogP contribution is 2.21. The molecule has 106 valence electrons. The van der Waals surface area contributed by atoms with Gasteiger partial charge in [-0.05, 0) is 12.8 Å². The van der Waals surface area contributed by atoms with Crippen LogP contribution in [0.1, 0.15) is 32.1 Å². The fourth-order valence-electron chi connectivity index (χ4n) is 1.62. The van der Waals surface area contributed by atoms with Crippen molar-refractivity contribution < 1.29 is 26.4 Å². The molecule has 0 aliphatic carbocycles. The van der Waals surface area contributed by atoms with Gasteiger partial charge in [-0.15, -0.1) is 0 Å². The van der Waals surface area contributed by atoms with Gasteiger partial charge in [0, 0.05) is 19.5 Å². The Morgan fingerprint density at radius 3 is 2.22 bits per heavy atom. The van der Waals surface area contributed by atoms with Gasteiger partial charge in [-0.3, -0.25) is 4.79 Å². The number of carbonyl (C=O) groups is 1. The second kappa shape index (κ2) is 5.87. The van der Waals surface area contributed by atoms with Crippen LogP contribution in [0.15, 0.2) is 0 Å². The third-order valence-electron chi connectivity index (χ3n) is 2.53. The van der Waals surface area contributed by atoms with Crippen molar-refractivity contribution in [1.29, 1.82) is 0 Å². The molecule has 1 rings (SSSR count). The van der Waals surface area contributed by atoms with Gasteiger partial charge in [0.1, 0.15) is 0 Å². The second-order valence-corrected chi connectivity index (χ2v) is 5.78. The lowest BCUT2D eigenvalue weighted by atomic mass is 10.2. The normalized spacial score (nSPS) is 18.6. The molecule has 1 N–H and O–H groups in total. The highest BCUT2D eigenvalue weighted by atomic mass is 32.2. The van der Waals surface area contributed by atoms with Crippen LogP contribution in [0.25, 0.3) is 0 Å². The zero-order valence-electron chi connectivity index (χ0n) is 9.66. The number of nitrogens with one attached hydrogen (secondary N) is 1. The van der Waals surface area contributed by atoms with Crippen molar-refractivity contribution in [2.45, 2.75) is 38.3 Å². The third-order valence-corrected chi connectivity index (χ3v) is 4.06. The van der Waals surface area contributed by atoms with Gasteiger partial charge in [0.25, 0.3) is 0 Å². The van der Waals surface area contributed by atoms with Crippen LogP contribution in [0.3, 0.4) is 0 Å². The molecule has 0 saturated carbocycles. The van der Waals surface area contributed by atoms with Gasteiger partial charge in [0.05, 0.1) is 6.42 Å². The Morgan fingerprint density at radius 1 is 1.17 bits per heavy atom. The minimum absolute atomic E-state index is 0.294. The van der Waals surface area contributed by atoms with E-state index in [4.69, 9.17) is 0 Å². The molecule has 5 nitrogen and oxygen atoms in total. The Labute approximate surface area is 104 Å². The quantitative estimate of drug-likeness (QED) is 0.844. The lowest BCUT2D eigenvalue weighted by Gasteiger charge is -2.25. The van der Waals surface area contributed by atoms with E-state index in [0.717, 1.165) is 10.7 Å². The van der Waals surface area contributed by atoms with Crippen LogP contribution in [0.2, 0.25) is 0 Å². The monoisotopic (exact) mass is 288 g/mol. The molecule has 0 aromatic carbocycles. The van der Waals surface area contributed by atoms with Crippen molar-refractivity contribution in [2.24, 2.45) is 0 Å². The number of hydrogen-bond donors (Lipinski definition) is 1. The molecule has 18 heavy (non-hydrogen) atoms. The maximum Gasteiger partial charge on any atom is 0.389 e. The van der Waals surface area contributed by atoms with E-state index in [1.54, 1.807) is 4.72 Å². The number of rotatable bonds is 4. The predicted octanol–water partition coefficient (Wildman–Crippen LogP) is 1.18. The Hall–Kier alpha value is -0.830. The average molecular weight is 288 g/mol. The number of halogens is 3. The molecule has 0 unspecified atom stereocenters. The van der Waals surface area contributed by atoms with Crippen molar-refractivity contribution in [1.82, 2.24) is 9.03 Å². The van der Waals surface area contributed by atoms with E-state index in [2.05, 4.69) is 0 Å². The van der Waals surface area contributed by atoms with E-state index in [1.807, 2.05) is 0 Å².